The fourth-order valence-electron chi connectivity index (χ4n) is 2.68. The molecule has 1 aliphatic carbocycles. The molecule has 17 heavy (non-hydrogen) atoms. The minimum Gasteiger partial charge on any atom is -0.342 e. The smallest absolute Gasteiger partial charge is 0.311 e. The molecule has 2 aromatic rings. The summed E-state index contributed by atoms with van der Waals surface area (Å²) in [4.78, 5) is 14.6. The minimum absolute atomic E-state index is 0.434. The highest BCUT2D eigenvalue weighted by Crippen LogP contribution is 2.27. The fraction of sp³-hybridized carbons (Fsp3) is 0.583. The van der Waals surface area contributed by atoms with Gasteiger partial charge in [0.2, 0.25) is 0 Å². The molecule has 1 fully saturated rings. The Bertz CT molecular complexity index is 516. The summed E-state index contributed by atoms with van der Waals surface area (Å²) in [7, 11) is 0. The SMILES string of the molecule is Fc1nc(CC2CCCCC2)c2[nH]cnc2n1. The Labute approximate surface area is 98.7 Å². The van der Waals surface area contributed by atoms with E-state index in [2.05, 4.69) is 19.9 Å². The van der Waals surface area contributed by atoms with Crippen LogP contribution in [0.2, 0.25) is 0 Å². The third-order valence-corrected chi connectivity index (χ3v) is 3.54. The van der Waals surface area contributed by atoms with E-state index in [0.717, 1.165) is 17.6 Å². The molecule has 0 radical (unpaired) electrons. The molecule has 2 aromatic heterocycles. The zero-order chi connectivity index (χ0) is 11.7. The van der Waals surface area contributed by atoms with Crippen LogP contribution in [-0.2, 0) is 6.42 Å². The van der Waals surface area contributed by atoms with Gasteiger partial charge in [-0.25, -0.2) is 9.97 Å². The Morgan fingerprint density at radius 2 is 2.06 bits per heavy atom. The molecule has 0 atom stereocenters. The van der Waals surface area contributed by atoms with Gasteiger partial charge in [-0.15, -0.1) is 0 Å². The van der Waals surface area contributed by atoms with E-state index >= 15 is 0 Å². The van der Waals surface area contributed by atoms with Crippen molar-refractivity contribution in [3.63, 3.8) is 0 Å². The van der Waals surface area contributed by atoms with Crippen LogP contribution in [0.5, 0.6) is 0 Å². The Morgan fingerprint density at radius 1 is 1.24 bits per heavy atom. The van der Waals surface area contributed by atoms with E-state index in [-0.39, 0.29) is 0 Å². The molecule has 0 aromatic carbocycles. The normalized spacial score (nSPS) is 17.7. The van der Waals surface area contributed by atoms with E-state index in [1.165, 1.54) is 32.1 Å². The number of rotatable bonds is 2. The van der Waals surface area contributed by atoms with E-state index in [0.29, 0.717) is 11.6 Å². The summed E-state index contributed by atoms with van der Waals surface area (Å²) in [5, 5.41) is 0. The number of hydrogen-bond donors (Lipinski definition) is 1. The number of hydrogen-bond acceptors (Lipinski definition) is 3. The van der Waals surface area contributed by atoms with Gasteiger partial charge in [-0.3, -0.25) is 0 Å². The number of aromatic amines is 1. The Morgan fingerprint density at radius 3 is 2.88 bits per heavy atom. The largest absolute Gasteiger partial charge is 0.342 e. The van der Waals surface area contributed by atoms with E-state index in [1.54, 1.807) is 6.33 Å². The molecule has 0 saturated heterocycles. The molecule has 0 bridgehead atoms. The molecule has 3 rings (SSSR count). The van der Waals surface area contributed by atoms with E-state index in [9.17, 15) is 4.39 Å². The number of H-pyrrole nitrogens is 1. The van der Waals surface area contributed by atoms with Crippen molar-refractivity contribution in [3.8, 4) is 0 Å². The molecule has 0 amide bonds. The predicted molar refractivity (Wildman–Crippen MR) is 61.9 cm³/mol. The van der Waals surface area contributed by atoms with Crippen LogP contribution in [0.4, 0.5) is 4.39 Å². The van der Waals surface area contributed by atoms with Gasteiger partial charge >= 0.3 is 6.08 Å². The summed E-state index contributed by atoms with van der Waals surface area (Å²) in [6, 6.07) is 0. The van der Waals surface area contributed by atoms with Crippen LogP contribution in [0.25, 0.3) is 11.2 Å². The molecule has 4 nitrogen and oxygen atoms in total. The molecule has 5 heteroatoms. The van der Waals surface area contributed by atoms with Crippen molar-refractivity contribution >= 4 is 11.2 Å². The van der Waals surface area contributed by atoms with Gasteiger partial charge in [0.15, 0.2) is 5.65 Å². The highest BCUT2D eigenvalue weighted by Gasteiger charge is 2.18. The molecule has 1 aliphatic rings. The van der Waals surface area contributed by atoms with Crippen LogP contribution >= 0.6 is 0 Å². The standard InChI is InChI=1S/C12H15FN4/c13-12-16-9(6-8-4-2-1-3-5-8)10-11(17-12)15-7-14-10/h7-8H,1-6H2,(H,14,15,16,17). The van der Waals surface area contributed by atoms with Crippen molar-refractivity contribution in [2.45, 2.75) is 38.5 Å². The number of nitrogens with zero attached hydrogens (tertiary/aromatic N) is 3. The Hall–Kier alpha value is -1.52. The van der Waals surface area contributed by atoms with Crippen molar-refractivity contribution < 1.29 is 4.39 Å². The number of fused-ring (bicyclic) bond motifs is 1. The second-order valence-electron chi connectivity index (χ2n) is 4.75. The number of imidazole rings is 1. The lowest BCUT2D eigenvalue weighted by molar-refractivity contribution is 0.353. The first-order valence-electron chi connectivity index (χ1n) is 6.18. The molecular weight excluding hydrogens is 219 g/mol. The van der Waals surface area contributed by atoms with Gasteiger partial charge in [-0.2, -0.15) is 9.37 Å². The van der Waals surface area contributed by atoms with Crippen LogP contribution < -0.4 is 0 Å². The van der Waals surface area contributed by atoms with Crippen LogP contribution in [0.1, 0.15) is 37.8 Å². The first-order valence-corrected chi connectivity index (χ1v) is 6.18. The summed E-state index contributed by atoms with van der Waals surface area (Å²) in [5.41, 5.74) is 2.00. The van der Waals surface area contributed by atoms with Gasteiger partial charge in [-0.05, 0) is 12.3 Å². The summed E-state index contributed by atoms with van der Waals surface area (Å²) < 4.78 is 13.3. The minimum atomic E-state index is -0.671. The molecule has 1 N–H and O–H groups in total. The van der Waals surface area contributed by atoms with Crippen molar-refractivity contribution in [2.75, 3.05) is 0 Å². The van der Waals surface area contributed by atoms with Gasteiger partial charge in [-0.1, -0.05) is 32.1 Å². The molecule has 0 unspecified atom stereocenters. The second kappa shape index (κ2) is 4.39. The summed E-state index contributed by atoms with van der Waals surface area (Å²) in [6.07, 6.45) is 8.04. The average molecular weight is 234 g/mol. The summed E-state index contributed by atoms with van der Waals surface area (Å²) in [5.74, 6) is 0.629. The topological polar surface area (TPSA) is 54.5 Å². The fourth-order valence-corrected chi connectivity index (χ4v) is 2.68. The maximum absolute atomic E-state index is 13.3. The van der Waals surface area contributed by atoms with Crippen molar-refractivity contribution in [3.05, 3.63) is 18.1 Å². The van der Waals surface area contributed by atoms with Crippen LogP contribution in [0.15, 0.2) is 6.33 Å². The van der Waals surface area contributed by atoms with Crippen molar-refractivity contribution in [1.29, 1.82) is 0 Å². The summed E-state index contributed by atoms with van der Waals surface area (Å²) >= 11 is 0. The van der Waals surface area contributed by atoms with Crippen molar-refractivity contribution in [1.82, 2.24) is 19.9 Å². The third kappa shape index (κ3) is 2.14. The highest BCUT2D eigenvalue weighted by molar-refractivity contribution is 5.72. The van der Waals surface area contributed by atoms with E-state index in [1.807, 2.05) is 0 Å². The maximum atomic E-state index is 13.3. The molecule has 90 valence electrons. The highest BCUT2D eigenvalue weighted by atomic mass is 19.1. The number of halogens is 1. The van der Waals surface area contributed by atoms with Gasteiger partial charge in [0.25, 0.3) is 0 Å². The summed E-state index contributed by atoms with van der Waals surface area (Å²) in [6.45, 7) is 0. The van der Waals surface area contributed by atoms with Crippen molar-refractivity contribution in [2.24, 2.45) is 5.92 Å². The van der Waals surface area contributed by atoms with Crippen LogP contribution in [-0.4, -0.2) is 19.9 Å². The molecular formula is C12H15FN4. The van der Waals surface area contributed by atoms with Gasteiger partial charge in [0.1, 0.15) is 5.52 Å². The van der Waals surface area contributed by atoms with Gasteiger partial charge < -0.3 is 4.98 Å². The van der Waals surface area contributed by atoms with Gasteiger partial charge in [0, 0.05) is 0 Å². The zero-order valence-electron chi connectivity index (χ0n) is 9.62. The predicted octanol–water partition coefficient (Wildman–Crippen LogP) is 2.61. The molecule has 0 spiro atoms. The monoisotopic (exact) mass is 234 g/mol. The number of nitrogens with one attached hydrogen (secondary N) is 1. The Balaban J connectivity index is 1.90. The average Bonchev–Trinajstić information content (AvgIpc) is 2.78. The van der Waals surface area contributed by atoms with Gasteiger partial charge in [0.05, 0.1) is 12.0 Å². The molecule has 0 aliphatic heterocycles. The first-order chi connectivity index (χ1) is 8.33. The second-order valence-corrected chi connectivity index (χ2v) is 4.75. The lowest BCUT2D eigenvalue weighted by Gasteiger charge is -2.20. The lowest BCUT2D eigenvalue weighted by Crippen LogP contribution is -2.11. The molecule has 1 saturated carbocycles. The third-order valence-electron chi connectivity index (χ3n) is 3.54. The van der Waals surface area contributed by atoms with Crippen LogP contribution in [0, 0.1) is 12.0 Å². The Kier molecular flexibility index (Phi) is 2.74. The van der Waals surface area contributed by atoms with E-state index < -0.39 is 6.08 Å². The van der Waals surface area contributed by atoms with E-state index in [4.69, 9.17) is 0 Å². The lowest BCUT2D eigenvalue weighted by atomic mass is 9.86. The zero-order valence-corrected chi connectivity index (χ0v) is 9.62. The first kappa shape index (κ1) is 10.6. The van der Waals surface area contributed by atoms with Crippen LogP contribution in [0.3, 0.4) is 0 Å². The maximum Gasteiger partial charge on any atom is 0.311 e. The molecule has 2 heterocycles. The quantitative estimate of drug-likeness (QED) is 0.812. The number of aromatic nitrogens is 4.